The molecule has 0 radical (unpaired) electrons. The van der Waals surface area contributed by atoms with Crippen molar-refractivity contribution < 1.29 is 14.7 Å². The summed E-state index contributed by atoms with van der Waals surface area (Å²) in [5.41, 5.74) is 4.17. The van der Waals surface area contributed by atoms with Gasteiger partial charge in [0, 0.05) is 48.3 Å². The fourth-order valence-electron chi connectivity index (χ4n) is 5.25. The molecular formula is C24H27Br2NO3. The predicted octanol–water partition coefficient (Wildman–Crippen LogP) is 6.23. The van der Waals surface area contributed by atoms with Crippen LogP contribution >= 0.6 is 31.9 Å². The summed E-state index contributed by atoms with van der Waals surface area (Å²) in [6, 6.07) is 3.68. The number of carbonyl (C=O) groups is 2. The minimum absolute atomic E-state index is 0.113. The number of ketones is 2. The molecule has 1 heterocycles. The van der Waals surface area contributed by atoms with Crippen LogP contribution in [0.5, 0.6) is 5.75 Å². The fourth-order valence-corrected chi connectivity index (χ4v) is 6.47. The summed E-state index contributed by atoms with van der Waals surface area (Å²) in [5.74, 6) is -0.0564. The normalized spacial score (nSPS) is 23.6. The first-order valence-corrected chi connectivity index (χ1v) is 11.8. The minimum Gasteiger partial charge on any atom is -0.506 e. The number of Topliss-reactive ketones (excluding diaryl/α,β-unsaturated/α-hetero) is 2. The van der Waals surface area contributed by atoms with Gasteiger partial charge in [0.05, 0.1) is 8.95 Å². The standard InChI is InChI=1S/C24H27Br2NO3/c1-23(2)8-15-20(17(28)10-23)19(12-6-13(25)22(30)14(26)7-12)21-16(27(15)5)9-24(3,4)11-18(21)29/h6-7,19,30H,8-11H2,1-5H3. The van der Waals surface area contributed by atoms with E-state index in [0.717, 1.165) is 40.9 Å². The van der Waals surface area contributed by atoms with E-state index in [4.69, 9.17) is 0 Å². The summed E-state index contributed by atoms with van der Waals surface area (Å²) in [4.78, 5) is 29.0. The predicted molar refractivity (Wildman–Crippen MR) is 124 cm³/mol. The number of aromatic hydroxyl groups is 1. The molecule has 1 aromatic rings. The molecule has 1 aromatic carbocycles. The van der Waals surface area contributed by atoms with Crippen LogP contribution in [0.2, 0.25) is 0 Å². The number of rotatable bonds is 1. The third kappa shape index (κ3) is 3.50. The summed E-state index contributed by atoms with van der Waals surface area (Å²) in [6.45, 7) is 8.52. The lowest BCUT2D eigenvalue weighted by atomic mass is 9.64. The molecular weight excluding hydrogens is 510 g/mol. The monoisotopic (exact) mass is 535 g/mol. The Kier molecular flexibility index (Phi) is 5.13. The summed E-state index contributed by atoms with van der Waals surface area (Å²) < 4.78 is 1.09. The summed E-state index contributed by atoms with van der Waals surface area (Å²) in [6.07, 6.45) is 2.54. The van der Waals surface area contributed by atoms with Crippen LogP contribution in [0.15, 0.2) is 43.6 Å². The molecule has 0 amide bonds. The van der Waals surface area contributed by atoms with E-state index in [2.05, 4.69) is 64.5 Å². The molecule has 30 heavy (non-hydrogen) atoms. The van der Waals surface area contributed by atoms with E-state index in [-0.39, 0.29) is 28.1 Å². The van der Waals surface area contributed by atoms with E-state index < -0.39 is 5.92 Å². The maximum Gasteiger partial charge on any atom is 0.162 e. The Bertz CT molecular complexity index is 972. The zero-order chi connectivity index (χ0) is 22.2. The number of halogens is 2. The average molecular weight is 537 g/mol. The van der Waals surface area contributed by atoms with Gasteiger partial charge in [-0.1, -0.05) is 27.7 Å². The van der Waals surface area contributed by atoms with E-state index in [0.29, 0.717) is 21.8 Å². The lowest BCUT2D eigenvalue weighted by Gasteiger charge is -2.48. The van der Waals surface area contributed by atoms with Crippen molar-refractivity contribution in [3.8, 4) is 5.75 Å². The van der Waals surface area contributed by atoms with Crippen molar-refractivity contribution in [3.05, 3.63) is 49.2 Å². The Morgan fingerprint density at radius 3 is 1.67 bits per heavy atom. The molecule has 0 bridgehead atoms. The molecule has 0 unspecified atom stereocenters. The Hall–Kier alpha value is -1.40. The first kappa shape index (κ1) is 21.8. The number of allylic oxidation sites excluding steroid dienone is 4. The van der Waals surface area contributed by atoms with Gasteiger partial charge in [-0.15, -0.1) is 0 Å². The first-order chi connectivity index (χ1) is 13.8. The minimum atomic E-state index is -0.397. The van der Waals surface area contributed by atoms with E-state index in [1.165, 1.54) is 0 Å². The van der Waals surface area contributed by atoms with Crippen molar-refractivity contribution in [1.29, 1.82) is 0 Å². The van der Waals surface area contributed by atoms with Crippen LogP contribution in [0.3, 0.4) is 0 Å². The SMILES string of the molecule is CN1C2=C(C(=O)CC(C)(C)C2)C(c2cc(Br)c(O)c(Br)c2)C2=C1CC(C)(C)CC2=O. The van der Waals surface area contributed by atoms with E-state index in [1.807, 2.05) is 19.2 Å². The molecule has 4 nitrogen and oxygen atoms in total. The third-order valence-electron chi connectivity index (χ3n) is 6.55. The lowest BCUT2D eigenvalue weighted by Crippen LogP contribution is -2.43. The fraction of sp³-hybridized carbons (Fsp3) is 0.500. The molecule has 3 aliphatic rings. The molecule has 160 valence electrons. The second-order valence-electron chi connectivity index (χ2n) is 10.4. The lowest BCUT2D eigenvalue weighted by molar-refractivity contribution is -0.119. The zero-order valence-electron chi connectivity index (χ0n) is 18.0. The van der Waals surface area contributed by atoms with Crippen LogP contribution in [0, 0.1) is 10.8 Å². The van der Waals surface area contributed by atoms with E-state index in [9.17, 15) is 14.7 Å². The van der Waals surface area contributed by atoms with Crippen LogP contribution in [-0.2, 0) is 9.59 Å². The Balaban J connectivity index is 2.00. The molecule has 2 aliphatic carbocycles. The number of carbonyl (C=O) groups excluding carboxylic acids is 2. The summed E-state index contributed by atoms with van der Waals surface area (Å²) >= 11 is 6.85. The van der Waals surface area contributed by atoms with E-state index >= 15 is 0 Å². The summed E-state index contributed by atoms with van der Waals surface area (Å²) in [5, 5.41) is 10.2. The van der Waals surface area contributed by atoms with Gasteiger partial charge in [-0.2, -0.15) is 0 Å². The largest absolute Gasteiger partial charge is 0.506 e. The van der Waals surface area contributed by atoms with Gasteiger partial charge in [-0.05, 0) is 73.2 Å². The highest BCUT2D eigenvalue weighted by Gasteiger charge is 2.48. The molecule has 0 spiro atoms. The van der Waals surface area contributed by atoms with Crippen molar-refractivity contribution in [2.24, 2.45) is 10.8 Å². The second-order valence-corrected chi connectivity index (χ2v) is 12.1. The number of phenols is 1. The molecule has 0 fully saturated rings. The number of benzene rings is 1. The molecule has 0 atom stereocenters. The highest BCUT2D eigenvalue weighted by atomic mass is 79.9. The molecule has 0 aromatic heterocycles. The molecule has 0 saturated carbocycles. The van der Waals surface area contributed by atoms with Crippen LogP contribution in [0.4, 0.5) is 0 Å². The number of hydrogen-bond donors (Lipinski definition) is 1. The van der Waals surface area contributed by atoms with Gasteiger partial charge in [0.15, 0.2) is 11.6 Å². The Morgan fingerprint density at radius 1 is 0.867 bits per heavy atom. The summed E-state index contributed by atoms with van der Waals surface area (Å²) in [7, 11) is 2.01. The first-order valence-electron chi connectivity index (χ1n) is 10.3. The quantitative estimate of drug-likeness (QED) is 0.462. The van der Waals surface area contributed by atoms with Gasteiger partial charge in [0.1, 0.15) is 5.75 Å². The van der Waals surface area contributed by atoms with E-state index in [1.54, 1.807) is 0 Å². The molecule has 6 heteroatoms. The molecule has 1 N–H and O–H groups in total. The third-order valence-corrected chi connectivity index (χ3v) is 7.76. The van der Waals surface area contributed by atoms with Crippen LogP contribution in [0.1, 0.15) is 64.9 Å². The highest BCUT2D eigenvalue weighted by Crippen LogP contribution is 2.54. The van der Waals surface area contributed by atoms with Crippen LogP contribution < -0.4 is 0 Å². The van der Waals surface area contributed by atoms with Crippen LogP contribution in [-0.4, -0.2) is 28.6 Å². The molecule has 1 aliphatic heterocycles. The van der Waals surface area contributed by atoms with Gasteiger partial charge in [0.25, 0.3) is 0 Å². The van der Waals surface area contributed by atoms with Crippen molar-refractivity contribution in [2.75, 3.05) is 7.05 Å². The number of phenolic OH excluding ortho intramolecular Hbond substituents is 1. The van der Waals surface area contributed by atoms with Crippen molar-refractivity contribution >= 4 is 43.4 Å². The van der Waals surface area contributed by atoms with Crippen molar-refractivity contribution in [2.45, 2.75) is 59.3 Å². The van der Waals surface area contributed by atoms with Gasteiger partial charge in [-0.3, -0.25) is 9.59 Å². The second kappa shape index (κ2) is 7.06. The van der Waals surface area contributed by atoms with Crippen molar-refractivity contribution in [3.63, 3.8) is 0 Å². The number of nitrogens with zero attached hydrogens (tertiary/aromatic N) is 1. The molecule has 4 rings (SSSR count). The highest BCUT2D eigenvalue weighted by molar-refractivity contribution is 9.11. The number of hydrogen-bond acceptors (Lipinski definition) is 4. The Labute approximate surface area is 194 Å². The van der Waals surface area contributed by atoms with Gasteiger partial charge in [0.2, 0.25) is 0 Å². The van der Waals surface area contributed by atoms with Crippen molar-refractivity contribution in [1.82, 2.24) is 4.90 Å². The smallest absolute Gasteiger partial charge is 0.162 e. The van der Waals surface area contributed by atoms with Gasteiger partial charge < -0.3 is 10.0 Å². The maximum absolute atomic E-state index is 13.4. The van der Waals surface area contributed by atoms with Gasteiger partial charge in [-0.25, -0.2) is 0 Å². The maximum atomic E-state index is 13.4. The zero-order valence-corrected chi connectivity index (χ0v) is 21.2. The Morgan fingerprint density at radius 2 is 1.27 bits per heavy atom. The topological polar surface area (TPSA) is 57.6 Å². The van der Waals surface area contributed by atoms with Gasteiger partial charge >= 0.3 is 0 Å². The molecule has 0 saturated heterocycles. The van der Waals surface area contributed by atoms with Crippen LogP contribution in [0.25, 0.3) is 0 Å². The average Bonchev–Trinajstić information content (AvgIpc) is 2.59.